The van der Waals surface area contributed by atoms with Crippen molar-refractivity contribution in [3.8, 4) is 0 Å². The summed E-state index contributed by atoms with van der Waals surface area (Å²) in [5.41, 5.74) is 3.27. The fourth-order valence-corrected chi connectivity index (χ4v) is 4.13. The first-order valence-corrected chi connectivity index (χ1v) is 10.2. The predicted molar refractivity (Wildman–Crippen MR) is 112 cm³/mol. The van der Waals surface area contributed by atoms with Crippen molar-refractivity contribution < 1.29 is 9.18 Å². The average molecular weight is 394 g/mol. The van der Waals surface area contributed by atoms with Crippen molar-refractivity contribution in [2.45, 2.75) is 25.8 Å². The van der Waals surface area contributed by atoms with Gasteiger partial charge in [0.1, 0.15) is 11.5 Å². The molecular formula is C23H27FN4O. The molecule has 0 spiro atoms. The zero-order valence-electron chi connectivity index (χ0n) is 16.8. The number of nitrogens with zero attached hydrogens (tertiary/aromatic N) is 3. The van der Waals surface area contributed by atoms with E-state index < -0.39 is 0 Å². The molecule has 29 heavy (non-hydrogen) atoms. The van der Waals surface area contributed by atoms with Gasteiger partial charge in [0, 0.05) is 43.8 Å². The van der Waals surface area contributed by atoms with Gasteiger partial charge in [-0.3, -0.25) is 4.79 Å². The number of nitrogens with one attached hydrogen (secondary N) is 1. The van der Waals surface area contributed by atoms with E-state index in [9.17, 15) is 9.18 Å². The lowest BCUT2D eigenvalue weighted by molar-refractivity contribution is -0.126. The van der Waals surface area contributed by atoms with Crippen LogP contribution in [0.1, 0.15) is 24.0 Å². The predicted octanol–water partition coefficient (Wildman–Crippen LogP) is 3.28. The van der Waals surface area contributed by atoms with Gasteiger partial charge in [0.25, 0.3) is 0 Å². The third-order valence-corrected chi connectivity index (χ3v) is 5.85. The van der Waals surface area contributed by atoms with E-state index in [0.29, 0.717) is 6.54 Å². The fraction of sp³-hybridized carbons (Fsp3) is 0.391. The van der Waals surface area contributed by atoms with Gasteiger partial charge in [-0.05, 0) is 67.7 Å². The summed E-state index contributed by atoms with van der Waals surface area (Å²) in [5, 5.41) is 4.22. The van der Waals surface area contributed by atoms with Crippen LogP contribution in [0, 0.1) is 11.7 Å². The molecule has 5 nitrogen and oxygen atoms in total. The Bertz CT molecular complexity index is 974. The van der Waals surface area contributed by atoms with Crippen LogP contribution in [0.5, 0.6) is 0 Å². The molecule has 0 saturated carbocycles. The van der Waals surface area contributed by atoms with Crippen molar-refractivity contribution in [2.75, 3.05) is 19.6 Å². The Morgan fingerprint density at radius 3 is 2.72 bits per heavy atom. The van der Waals surface area contributed by atoms with E-state index in [1.165, 1.54) is 23.1 Å². The lowest BCUT2D eigenvalue weighted by atomic mass is 9.95. The second kappa shape index (κ2) is 8.74. The van der Waals surface area contributed by atoms with E-state index >= 15 is 0 Å². The molecule has 0 atom stereocenters. The minimum absolute atomic E-state index is 0.0634. The van der Waals surface area contributed by atoms with Crippen molar-refractivity contribution >= 4 is 16.9 Å². The maximum absolute atomic E-state index is 13.0. The lowest BCUT2D eigenvalue weighted by Gasteiger charge is -2.31. The van der Waals surface area contributed by atoms with Gasteiger partial charge >= 0.3 is 0 Å². The van der Waals surface area contributed by atoms with Crippen molar-refractivity contribution in [1.29, 1.82) is 0 Å². The first kappa shape index (κ1) is 19.6. The zero-order valence-corrected chi connectivity index (χ0v) is 16.8. The number of carbonyl (C=O) groups excluding carboxylic acids is 1. The van der Waals surface area contributed by atoms with Gasteiger partial charge in [-0.1, -0.05) is 12.1 Å². The highest BCUT2D eigenvalue weighted by molar-refractivity contribution is 5.80. The number of rotatable bonds is 6. The van der Waals surface area contributed by atoms with Crippen LogP contribution in [0.3, 0.4) is 0 Å². The molecule has 6 heteroatoms. The SMILES string of the molecule is Cn1cc(CCN2CCC(C(=O)NCc3ccc(F)cc3)CC2)c2cccnc21. The lowest BCUT2D eigenvalue weighted by Crippen LogP contribution is -2.41. The van der Waals surface area contributed by atoms with Crippen LogP contribution in [0.25, 0.3) is 11.0 Å². The summed E-state index contributed by atoms with van der Waals surface area (Å²) in [6.07, 6.45) is 6.76. The molecule has 3 heterocycles. The highest BCUT2D eigenvalue weighted by Crippen LogP contribution is 2.21. The number of aromatic nitrogens is 2. The van der Waals surface area contributed by atoms with Crippen LogP contribution in [-0.4, -0.2) is 40.0 Å². The van der Waals surface area contributed by atoms with Gasteiger partial charge in [0.05, 0.1) is 0 Å². The number of pyridine rings is 1. The number of likely N-dealkylation sites (tertiary alicyclic amines) is 1. The molecule has 1 saturated heterocycles. The Morgan fingerprint density at radius 1 is 1.21 bits per heavy atom. The van der Waals surface area contributed by atoms with E-state index in [0.717, 1.165) is 50.1 Å². The summed E-state index contributed by atoms with van der Waals surface area (Å²) >= 11 is 0. The number of halogens is 1. The van der Waals surface area contributed by atoms with Crippen LogP contribution in [-0.2, 0) is 24.8 Å². The molecule has 0 bridgehead atoms. The number of carbonyl (C=O) groups is 1. The topological polar surface area (TPSA) is 50.2 Å². The Morgan fingerprint density at radius 2 is 1.97 bits per heavy atom. The van der Waals surface area contributed by atoms with Crippen LogP contribution in [0.2, 0.25) is 0 Å². The van der Waals surface area contributed by atoms with Crippen LogP contribution in [0.4, 0.5) is 4.39 Å². The Balaban J connectivity index is 1.23. The molecular weight excluding hydrogens is 367 g/mol. The quantitative estimate of drug-likeness (QED) is 0.698. The van der Waals surface area contributed by atoms with Gasteiger partial charge in [-0.15, -0.1) is 0 Å². The second-order valence-electron chi connectivity index (χ2n) is 7.85. The molecule has 0 radical (unpaired) electrons. The van der Waals surface area contributed by atoms with Gasteiger partial charge < -0.3 is 14.8 Å². The van der Waals surface area contributed by atoms with E-state index in [1.54, 1.807) is 12.1 Å². The molecule has 152 valence electrons. The van der Waals surface area contributed by atoms with Gasteiger partial charge in [0.2, 0.25) is 5.91 Å². The molecule has 2 aromatic heterocycles. The average Bonchev–Trinajstić information content (AvgIpc) is 3.08. The van der Waals surface area contributed by atoms with Crippen molar-refractivity contribution in [3.63, 3.8) is 0 Å². The first-order chi connectivity index (χ1) is 14.1. The second-order valence-corrected chi connectivity index (χ2v) is 7.85. The number of fused-ring (bicyclic) bond motifs is 1. The summed E-state index contributed by atoms with van der Waals surface area (Å²) in [4.78, 5) is 19.4. The molecule has 4 rings (SSSR count). The Hall–Kier alpha value is -2.73. The molecule has 1 aromatic carbocycles. The van der Waals surface area contributed by atoms with Crippen LogP contribution < -0.4 is 5.32 Å². The molecule has 3 aromatic rings. The van der Waals surface area contributed by atoms with Crippen molar-refractivity contribution in [3.05, 3.63) is 65.7 Å². The molecule has 1 N–H and O–H groups in total. The maximum Gasteiger partial charge on any atom is 0.223 e. The minimum atomic E-state index is -0.257. The summed E-state index contributed by atoms with van der Waals surface area (Å²) in [6, 6.07) is 10.4. The Labute approximate surface area is 170 Å². The monoisotopic (exact) mass is 394 g/mol. The zero-order chi connectivity index (χ0) is 20.2. The van der Waals surface area contributed by atoms with E-state index in [1.807, 2.05) is 19.3 Å². The van der Waals surface area contributed by atoms with Crippen LogP contribution >= 0.6 is 0 Å². The molecule has 1 aliphatic rings. The Kier molecular flexibility index (Phi) is 5.90. The van der Waals surface area contributed by atoms with E-state index in [-0.39, 0.29) is 17.6 Å². The molecule has 1 aliphatic heterocycles. The summed E-state index contributed by atoms with van der Waals surface area (Å²) < 4.78 is 15.1. The molecule has 0 unspecified atom stereocenters. The number of piperidine rings is 1. The van der Waals surface area contributed by atoms with Gasteiger partial charge in [0.15, 0.2) is 0 Å². The number of aryl methyl sites for hydroxylation is 1. The largest absolute Gasteiger partial charge is 0.352 e. The molecule has 1 amide bonds. The number of amides is 1. The standard InChI is InChI=1S/C23H27FN4O/c1-27-16-19(21-3-2-11-25-22(21)27)10-14-28-12-8-18(9-13-28)23(29)26-15-17-4-6-20(24)7-5-17/h2-7,11,16,18H,8-10,12-15H2,1H3,(H,26,29). The van der Waals surface area contributed by atoms with Crippen molar-refractivity contribution in [1.82, 2.24) is 19.8 Å². The smallest absolute Gasteiger partial charge is 0.223 e. The van der Waals surface area contributed by atoms with Crippen LogP contribution in [0.15, 0.2) is 48.8 Å². The highest BCUT2D eigenvalue weighted by Gasteiger charge is 2.24. The number of benzene rings is 1. The summed E-state index contributed by atoms with van der Waals surface area (Å²) in [5.74, 6) is -0.0882. The third kappa shape index (κ3) is 4.65. The number of hydrogen-bond acceptors (Lipinski definition) is 3. The third-order valence-electron chi connectivity index (χ3n) is 5.85. The van der Waals surface area contributed by atoms with E-state index in [4.69, 9.17) is 0 Å². The van der Waals surface area contributed by atoms with Gasteiger partial charge in [-0.2, -0.15) is 0 Å². The molecule has 1 fully saturated rings. The highest BCUT2D eigenvalue weighted by atomic mass is 19.1. The molecule has 0 aliphatic carbocycles. The fourth-order valence-electron chi connectivity index (χ4n) is 4.13. The van der Waals surface area contributed by atoms with Gasteiger partial charge in [-0.25, -0.2) is 9.37 Å². The maximum atomic E-state index is 13.0. The minimum Gasteiger partial charge on any atom is -0.352 e. The summed E-state index contributed by atoms with van der Waals surface area (Å²) in [6.45, 7) is 3.33. The first-order valence-electron chi connectivity index (χ1n) is 10.2. The summed E-state index contributed by atoms with van der Waals surface area (Å²) in [7, 11) is 2.04. The number of hydrogen-bond donors (Lipinski definition) is 1. The normalized spacial score (nSPS) is 15.7. The van der Waals surface area contributed by atoms with Crippen molar-refractivity contribution in [2.24, 2.45) is 13.0 Å². The van der Waals surface area contributed by atoms with E-state index in [2.05, 4.69) is 32.0 Å².